The number of carbonyl (C=O) groups excluding carboxylic acids is 2. The molecule has 0 fully saturated rings. The van der Waals surface area contributed by atoms with Gasteiger partial charge in [0.25, 0.3) is 0 Å². The van der Waals surface area contributed by atoms with Gasteiger partial charge in [-0.25, -0.2) is 0 Å². The summed E-state index contributed by atoms with van der Waals surface area (Å²) in [6.07, 6.45) is 1.85. The third-order valence-corrected chi connectivity index (χ3v) is 4.32. The van der Waals surface area contributed by atoms with E-state index in [0.29, 0.717) is 5.57 Å². The number of ketones is 2. The Balaban J connectivity index is 3.26. The van der Waals surface area contributed by atoms with Crippen LogP contribution in [0.4, 0.5) is 0 Å². The zero-order valence-corrected chi connectivity index (χ0v) is 11.5. The first-order chi connectivity index (χ1) is 8.13. The van der Waals surface area contributed by atoms with Gasteiger partial charge in [0.05, 0.1) is 5.41 Å². The molecule has 0 bridgehead atoms. The molecule has 18 heavy (non-hydrogen) atoms. The van der Waals surface area contributed by atoms with Crippen molar-refractivity contribution in [2.75, 3.05) is 0 Å². The second-order valence-corrected chi connectivity index (χ2v) is 5.45. The fourth-order valence-corrected chi connectivity index (χ4v) is 2.65. The molecule has 1 unspecified atom stereocenters. The van der Waals surface area contributed by atoms with Crippen molar-refractivity contribution in [2.24, 2.45) is 23.2 Å². The summed E-state index contributed by atoms with van der Waals surface area (Å²) in [5, 5.41) is 8.96. The standard InChI is InChI=1S/C14H20O4/c1-7-6-8(2)11(15)14(5,10(7)4)12(16)9(3)13(17)18/h6-7,9-10H,1-5H3,(H,17,18)/t7-,9?,10-,14-/m1/s1. The van der Waals surface area contributed by atoms with Crippen LogP contribution in [0.5, 0.6) is 0 Å². The molecule has 0 radical (unpaired) electrons. The largest absolute Gasteiger partial charge is 0.481 e. The lowest BCUT2D eigenvalue weighted by atomic mass is 9.60. The molecule has 100 valence electrons. The highest BCUT2D eigenvalue weighted by Gasteiger charge is 2.51. The average Bonchev–Trinajstić information content (AvgIpc) is 2.31. The topological polar surface area (TPSA) is 71.4 Å². The van der Waals surface area contributed by atoms with E-state index in [1.54, 1.807) is 13.8 Å². The minimum atomic E-state index is -1.23. The van der Waals surface area contributed by atoms with Gasteiger partial charge in [-0.15, -0.1) is 0 Å². The molecule has 0 saturated carbocycles. The predicted molar refractivity (Wildman–Crippen MR) is 67.0 cm³/mol. The van der Waals surface area contributed by atoms with E-state index >= 15 is 0 Å². The molecule has 0 aliphatic heterocycles. The molecule has 1 aliphatic rings. The molecule has 1 rings (SSSR count). The van der Waals surface area contributed by atoms with Crippen molar-refractivity contribution in [2.45, 2.75) is 34.6 Å². The average molecular weight is 252 g/mol. The van der Waals surface area contributed by atoms with Gasteiger partial charge in [0, 0.05) is 0 Å². The lowest BCUT2D eigenvalue weighted by molar-refractivity contribution is -0.153. The summed E-state index contributed by atoms with van der Waals surface area (Å²) in [6, 6.07) is 0. The van der Waals surface area contributed by atoms with E-state index in [4.69, 9.17) is 5.11 Å². The molecule has 1 aliphatic carbocycles. The highest BCUT2D eigenvalue weighted by Crippen LogP contribution is 2.43. The maximum absolute atomic E-state index is 12.3. The fraction of sp³-hybridized carbons (Fsp3) is 0.643. The Labute approximate surface area is 107 Å². The number of rotatable bonds is 3. The molecule has 0 aromatic rings. The molecule has 1 N–H and O–H groups in total. The Bertz CT molecular complexity index is 435. The maximum Gasteiger partial charge on any atom is 0.313 e. The molecule has 0 spiro atoms. The van der Waals surface area contributed by atoms with Crippen LogP contribution in [0.1, 0.15) is 34.6 Å². The van der Waals surface area contributed by atoms with E-state index in [1.165, 1.54) is 6.92 Å². The second kappa shape index (κ2) is 4.67. The summed E-state index contributed by atoms with van der Waals surface area (Å²) in [5.74, 6) is -3.18. The Morgan fingerprint density at radius 3 is 2.33 bits per heavy atom. The molecular formula is C14H20O4. The first kappa shape index (κ1) is 14.6. The highest BCUT2D eigenvalue weighted by molar-refractivity contribution is 6.18. The molecule has 0 aromatic carbocycles. The Hall–Kier alpha value is -1.45. The van der Waals surface area contributed by atoms with Crippen LogP contribution in [0.3, 0.4) is 0 Å². The van der Waals surface area contributed by atoms with Crippen LogP contribution in [-0.4, -0.2) is 22.6 Å². The van der Waals surface area contributed by atoms with E-state index in [9.17, 15) is 14.4 Å². The Kier molecular flexibility index (Phi) is 3.79. The molecule has 4 heteroatoms. The lowest BCUT2D eigenvalue weighted by Gasteiger charge is -2.40. The van der Waals surface area contributed by atoms with Gasteiger partial charge in [0.2, 0.25) is 0 Å². The van der Waals surface area contributed by atoms with Crippen molar-refractivity contribution in [3.8, 4) is 0 Å². The SMILES string of the molecule is CC1=C[C@@H](C)[C@@H](C)[C@@](C)(C(=O)C(C)C(=O)O)C1=O. The maximum atomic E-state index is 12.3. The smallest absolute Gasteiger partial charge is 0.313 e. The van der Waals surface area contributed by atoms with Gasteiger partial charge in [-0.2, -0.15) is 0 Å². The summed E-state index contributed by atoms with van der Waals surface area (Å²) in [7, 11) is 0. The van der Waals surface area contributed by atoms with Crippen molar-refractivity contribution in [1.29, 1.82) is 0 Å². The number of Topliss-reactive ketones (excluding diaryl/α,β-unsaturated/α-hetero) is 2. The summed E-state index contributed by atoms with van der Waals surface area (Å²) in [6.45, 7) is 8.38. The summed E-state index contributed by atoms with van der Waals surface area (Å²) in [4.78, 5) is 35.6. The molecule has 0 aromatic heterocycles. The van der Waals surface area contributed by atoms with Crippen LogP contribution in [0, 0.1) is 23.2 Å². The number of hydrogen-bond acceptors (Lipinski definition) is 3. The third-order valence-electron chi connectivity index (χ3n) is 4.32. The molecule has 0 heterocycles. The number of aliphatic carboxylic acids is 1. The van der Waals surface area contributed by atoms with Crippen LogP contribution in [-0.2, 0) is 14.4 Å². The van der Waals surface area contributed by atoms with E-state index < -0.39 is 23.1 Å². The molecular weight excluding hydrogens is 232 g/mol. The van der Waals surface area contributed by atoms with Crippen LogP contribution in [0.2, 0.25) is 0 Å². The summed E-state index contributed by atoms with van der Waals surface area (Å²) in [5.41, 5.74) is -0.676. The van der Waals surface area contributed by atoms with Crippen molar-refractivity contribution < 1.29 is 19.5 Å². The van der Waals surface area contributed by atoms with Crippen molar-refractivity contribution in [3.05, 3.63) is 11.6 Å². The minimum Gasteiger partial charge on any atom is -0.481 e. The van der Waals surface area contributed by atoms with Gasteiger partial charge in [-0.05, 0) is 38.2 Å². The number of carboxylic acid groups (broad SMARTS) is 1. The predicted octanol–water partition coefficient (Wildman–Crippen LogP) is 2.08. The first-order valence-corrected chi connectivity index (χ1v) is 6.14. The first-order valence-electron chi connectivity index (χ1n) is 6.14. The van der Waals surface area contributed by atoms with Gasteiger partial charge in [-0.1, -0.05) is 19.9 Å². The van der Waals surface area contributed by atoms with Crippen molar-refractivity contribution in [1.82, 2.24) is 0 Å². The van der Waals surface area contributed by atoms with Gasteiger partial charge >= 0.3 is 5.97 Å². The lowest BCUT2D eigenvalue weighted by Crippen LogP contribution is -2.50. The van der Waals surface area contributed by atoms with Crippen molar-refractivity contribution >= 4 is 17.5 Å². The summed E-state index contributed by atoms with van der Waals surface area (Å²) >= 11 is 0. The van der Waals surface area contributed by atoms with Gasteiger partial charge in [-0.3, -0.25) is 14.4 Å². The molecule has 0 amide bonds. The van der Waals surface area contributed by atoms with E-state index in [-0.39, 0.29) is 17.6 Å². The number of carboxylic acids is 1. The van der Waals surface area contributed by atoms with E-state index in [2.05, 4.69) is 0 Å². The van der Waals surface area contributed by atoms with E-state index in [1.807, 2.05) is 19.9 Å². The van der Waals surface area contributed by atoms with Crippen LogP contribution >= 0.6 is 0 Å². The minimum absolute atomic E-state index is 0.0812. The summed E-state index contributed by atoms with van der Waals surface area (Å²) < 4.78 is 0. The highest BCUT2D eigenvalue weighted by atomic mass is 16.4. The molecule has 4 nitrogen and oxygen atoms in total. The number of allylic oxidation sites excluding steroid dienone is 2. The van der Waals surface area contributed by atoms with Crippen molar-refractivity contribution in [3.63, 3.8) is 0 Å². The Morgan fingerprint density at radius 2 is 1.89 bits per heavy atom. The normalized spacial score (nSPS) is 33.8. The Morgan fingerprint density at radius 1 is 1.39 bits per heavy atom. The zero-order valence-electron chi connectivity index (χ0n) is 11.5. The molecule has 4 atom stereocenters. The second-order valence-electron chi connectivity index (χ2n) is 5.45. The zero-order chi connectivity index (χ0) is 14.2. The van der Waals surface area contributed by atoms with Gasteiger partial charge < -0.3 is 5.11 Å². The quantitative estimate of drug-likeness (QED) is 0.781. The van der Waals surface area contributed by atoms with Crippen LogP contribution < -0.4 is 0 Å². The number of hydrogen-bond donors (Lipinski definition) is 1. The van der Waals surface area contributed by atoms with Crippen LogP contribution in [0.25, 0.3) is 0 Å². The third kappa shape index (κ3) is 2.00. The van der Waals surface area contributed by atoms with Gasteiger partial charge in [0.1, 0.15) is 5.92 Å². The van der Waals surface area contributed by atoms with Gasteiger partial charge in [0.15, 0.2) is 11.6 Å². The van der Waals surface area contributed by atoms with Crippen LogP contribution in [0.15, 0.2) is 11.6 Å². The number of carbonyl (C=O) groups is 3. The van der Waals surface area contributed by atoms with E-state index in [0.717, 1.165) is 0 Å². The monoisotopic (exact) mass is 252 g/mol. The fourth-order valence-electron chi connectivity index (χ4n) is 2.65. The molecule has 0 saturated heterocycles.